The average molecular weight is 268 g/mol. The molecule has 3 rings (SSSR count). The highest BCUT2D eigenvalue weighted by atomic mass is 16.6. The summed E-state index contributed by atoms with van der Waals surface area (Å²) < 4.78 is 11.2. The van der Waals surface area contributed by atoms with E-state index in [0.29, 0.717) is 12.2 Å². The zero-order valence-electron chi connectivity index (χ0n) is 11.6. The van der Waals surface area contributed by atoms with Gasteiger partial charge in [0.25, 0.3) is 0 Å². The zero-order chi connectivity index (χ0) is 13.5. The Morgan fingerprint density at radius 3 is 2.84 bits per heavy atom. The summed E-state index contributed by atoms with van der Waals surface area (Å²) in [5.41, 5.74) is -0.621. The number of epoxide rings is 2. The molecule has 2 aliphatic heterocycles. The number of carbonyl (C=O) groups is 1. The molecular weight excluding hydrogens is 244 g/mol. The molecule has 19 heavy (non-hydrogen) atoms. The molecule has 2 saturated heterocycles. The molecule has 108 valence electrons. The summed E-state index contributed by atoms with van der Waals surface area (Å²) in [7, 11) is 0. The fourth-order valence-corrected chi connectivity index (χ4v) is 3.70. The highest BCUT2D eigenvalue weighted by Crippen LogP contribution is 2.52. The third-order valence-corrected chi connectivity index (χ3v) is 5.07. The van der Waals surface area contributed by atoms with Gasteiger partial charge in [-0.3, -0.25) is 4.79 Å². The Morgan fingerprint density at radius 1 is 1.32 bits per heavy atom. The van der Waals surface area contributed by atoms with Crippen molar-refractivity contribution in [3.05, 3.63) is 0 Å². The lowest BCUT2D eigenvalue weighted by atomic mass is 9.70. The summed E-state index contributed by atoms with van der Waals surface area (Å²) >= 11 is 0. The lowest BCUT2D eigenvalue weighted by molar-refractivity contribution is -0.152. The number of rotatable bonds is 7. The molecule has 0 aromatic heterocycles. The van der Waals surface area contributed by atoms with E-state index in [0.717, 1.165) is 38.5 Å². The van der Waals surface area contributed by atoms with Crippen LogP contribution in [-0.2, 0) is 14.3 Å². The van der Waals surface area contributed by atoms with Crippen LogP contribution in [0.2, 0.25) is 0 Å². The fraction of sp³-hybridized carbons (Fsp3) is 0.933. The van der Waals surface area contributed by atoms with Crippen molar-refractivity contribution in [1.82, 2.24) is 0 Å². The number of aliphatic carboxylic acids is 1. The van der Waals surface area contributed by atoms with Crippen molar-refractivity contribution < 1.29 is 19.4 Å². The number of carboxylic acids is 1. The molecule has 0 amide bonds. The Hall–Kier alpha value is -0.610. The fourth-order valence-electron chi connectivity index (χ4n) is 3.70. The number of carboxylic acid groups (broad SMARTS) is 1. The standard InChI is InChI=1S/C15H24O4/c1-2-3-5-10-11(18-10)7-9-15(14(16)17)8-4-6-12-13(15)19-12/h10-13H,2-9H2,1H3,(H,16,17). The zero-order valence-corrected chi connectivity index (χ0v) is 11.6. The molecule has 5 unspecified atom stereocenters. The van der Waals surface area contributed by atoms with Crippen LogP contribution in [0.25, 0.3) is 0 Å². The number of fused-ring (bicyclic) bond motifs is 1. The van der Waals surface area contributed by atoms with E-state index >= 15 is 0 Å². The van der Waals surface area contributed by atoms with Gasteiger partial charge in [-0.2, -0.15) is 0 Å². The summed E-state index contributed by atoms with van der Waals surface area (Å²) in [6, 6.07) is 0. The van der Waals surface area contributed by atoms with Crippen molar-refractivity contribution in [1.29, 1.82) is 0 Å². The van der Waals surface area contributed by atoms with Crippen molar-refractivity contribution in [2.75, 3.05) is 0 Å². The SMILES string of the molecule is CCCCC1OC1CCC1(C(=O)O)CCCC2OC21. The Balaban J connectivity index is 1.51. The lowest BCUT2D eigenvalue weighted by Crippen LogP contribution is -2.40. The first-order valence-corrected chi connectivity index (χ1v) is 7.71. The van der Waals surface area contributed by atoms with Gasteiger partial charge < -0.3 is 14.6 Å². The molecule has 3 aliphatic rings. The first kappa shape index (κ1) is 13.4. The van der Waals surface area contributed by atoms with Crippen LogP contribution in [0.5, 0.6) is 0 Å². The lowest BCUT2D eigenvalue weighted by Gasteiger charge is -2.30. The predicted molar refractivity (Wildman–Crippen MR) is 70.0 cm³/mol. The molecule has 2 heterocycles. The molecule has 0 bridgehead atoms. The van der Waals surface area contributed by atoms with Crippen LogP contribution in [-0.4, -0.2) is 35.5 Å². The van der Waals surface area contributed by atoms with E-state index in [9.17, 15) is 9.90 Å². The molecule has 1 aliphatic carbocycles. The molecule has 1 saturated carbocycles. The minimum Gasteiger partial charge on any atom is -0.481 e. The number of hydrogen-bond donors (Lipinski definition) is 1. The van der Waals surface area contributed by atoms with E-state index in [1.165, 1.54) is 12.8 Å². The van der Waals surface area contributed by atoms with Gasteiger partial charge in [-0.05, 0) is 38.5 Å². The van der Waals surface area contributed by atoms with Crippen LogP contribution in [0, 0.1) is 5.41 Å². The molecule has 0 aromatic carbocycles. The van der Waals surface area contributed by atoms with E-state index in [1.54, 1.807) is 0 Å². The van der Waals surface area contributed by atoms with Gasteiger partial charge in [0, 0.05) is 0 Å². The molecular formula is C15H24O4. The van der Waals surface area contributed by atoms with E-state index in [-0.39, 0.29) is 12.2 Å². The minimum absolute atomic E-state index is 0.0217. The highest BCUT2D eigenvalue weighted by Gasteiger charge is 2.61. The van der Waals surface area contributed by atoms with Gasteiger partial charge in [0.1, 0.15) is 6.10 Å². The third-order valence-electron chi connectivity index (χ3n) is 5.07. The normalized spacial score (nSPS) is 43.6. The van der Waals surface area contributed by atoms with Crippen LogP contribution in [0.3, 0.4) is 0 Å². The van der Waals surface area contributed by atoms with Crippen molar-refractivity contribution in [3.8, 4) is 0 Å². The van der Waals surface area contributed by atoms with Gasteiger partial charge in [0.2, 0.25) is 0 Å². The van der Waals surface area contributed by atoms with Crippen LogP contribution in [0.15, 0.2) is 0 Å². The molecule has 0 aromatic rings. The molecule has 0 spiro atoms. The van der Waals surface area contributed by atoms with Crippen molar-refractivity contribution in [3.63, 3.8) is 0 Å². The second-order valence-corrected chi connectivity index (χ2v) is 6.34. The quantitative estimate of drug-likeness (QED) is 0.721. The van der Waals surface area contributed by atoms with E-state index in [4.69, 9.17) is 9.47 Å². The second-order valence-electron chi connectivity index (χ2n) is 6.34. The van der Waals surface area contributed by atoms with E-state index in [1.807, 2.05) is 0 Å². The summed E-state index contributed by atoms with van der Waals surface area (Å²) in [6.45, 7) is 2.18. The number of ether oxygens (including phenoxy) is 2. The van der Waals surface area contributed by atoms with Crippen LogP contribution in [0.4, 0.5) is 0 Å². The van der Waals surface area contributed by atoms with E-state index in [2.05, 4.69) is 6.92 Å². The molecule has 4 heteroatoms. The van der Waals surface area contributed by atoms with Crippen molar-refractivity contribution in [2.24, 2.45) is 5.41 Å². The Morgan fingerprint density at radius 2 is 2.11 bits per heavy atom. The Labute approximate surface area is 114 Å². The van der Waals surface area contributed by atoms with Gasteiger partial charge >= 0.3 is 5.97 Å². The maximum absolute atomic E-state index is 11.7. The summed E-state index contributed by atoms with van der Waals surface area (Å²) in [4.78, 5) is 11.7. The summed E-state index contributed by atoms with van der Waals surface area (Å²) in [5, 5.41) is 9.61. The molecule has 3 fully saturated rings. The van der Waals surface area contributed by atoms with E-state index < -0.39 is 11.4 Å². The molecule has 4 nitrogen and oxygen atoms in total. The summed E-state index contributed by atoms with van der Waals surface area (Å²) in [5.74, 6) is -0.662. The number of unbranched alkanes of at least 4 members (excludes halogenated alkanes) is 1. The van der Waals surface area contributed by atoms with Gasteiger partial charge in [-0.1, -0.05) is 19.8 Å². The largest absolute Gasteiger partial charge is 0.481 e. The van der Waals surface area contributed by atoms with Gasteiger partial charge in [-0.15, -0.1) is 0 Å². The second kappa shape index (κ2) is 5.06. The maximum atomic E-state index is 11.7. The maximum Gasteiger partial charge on any atom is 0.312 e. The van der Waals surface area contributed by atoms with Gasteiger partial charge in [0.05, 0.1) is 23.7 Å². The predicted octanol–water partition coefficient (Wildman–Crippen LogP) is 2.75. The topological polar surface area (TPSA) is 62.4 Å². The first-order chi connectivity index (χ1) is 9.17. The summed E-state index contributed by atoms with van der Waals surface area (Å²) in [6.07, 6.45) is 8.84. The van der Waals surface area contributed by atoms with Crippen LogP contribution in [0.1, 0.15) is 58.3 Å². The minimum atomic E-state index is -0.662. The van der Waals surface area contributed by atoms with Crippen molar-refractivity contribution in [2.45, 2.75) is 82.7 Å². The monoisotopic (exact) mass is 268 g/mol. The smallest absolute Gasteiger partial charge is 0.312 e. The third kappa shape index (κ3) is 2.52. The molecule has 1 N–H and O–H groups in total. The van der Waals surface area contributed by atoms with Crippen molar-refractivity contribution >= 4 is 5.97 Å². The van der Waals surface area contributed by atoms with Crippen LogP contribution >= 0.6 is 0 Å². The average Bonchev–Trinajstić information content (AvgIpc) is 3.27. The molecule has 5 atom stereocenters. The molecule has 0 radical (unpaired) electrons. The Kier molecular flexibility index (Phi) is 3.56. The Bertz CT molecular complexity index is 356. The number of hydrogen-bond acceptors (Lipinski definition) is 3. The van der Waals surface area contributed by atoms with Gasteiger partial charge in [-0.25, -0.2) is 0 Å². The first-order valence-electron chi connectivity index (χ1n) is 7.71. The highest BCUT2D eigenvalue weighted by molar-refractivity contribution is 5.76. The van der Waals surface area contributed by atoms with Crippen LogP contribution < -0.4 is 0 Å². The van der Waals surface area contributed by atoms with Gasteiger partial charge in [0.15, 0.2) is 0 Å².